The molecule has 0 aliphatic carbocycles. The summed E-state index contributed by atoms with van der Waals surface area (Å²) in [4.78, 5) is 11.6. The van der Waals surface area contributed by atoms with Crippen molar-refractivity contribution in [3.8, 4) is 0 Å². The number of benzene rings is 1. The molecule has 4 nitrogen and oxygen atoms in total. The van der Waals surface area contributed by atoms with Crippen molar-refractivity contribution in [3.63, 3.8) is 0 Å². The van der Waals surface area contributed by atoms with Gasteiger partial charge in [0.05, 0.1) is 11.8 Å². The van der Waals surface area contributed by atoms with Gasteiger partial charge in [-0.2, -0.15) is 4.31 Å². The first kappa shape index (κ1) is 14.2. The Kier molecular flexibility index (Phi) is 4.37. The van der Waals surface area contributed by atoms with E-state index in [4.69, 9.17) is 0 Å². The molecule has 1 saturated heterocycles. The highest BCUT2D eigenvalue weighted by Gasteiger charge is 2.34. The molecule has 1 atom stereocenters. The van der Waals surface area contributed by atoms with Crippen LogP contribution in [0.1, 0.15) is 31.7 Å². The largest absolute Gasteiger partial charge is 0.298 e. The van der Waals surface area contributed by atoms with Crippen LogP contribution < -0.4 is 0 Å². The van der Waals surface area contributed by atoms with E-state index in [0.29, 0.717) is 13.0 Å². The highest BCUT2D eigenvalue weighted by molar-refractivity contribution is 7.88. The first-order valence-electron chi connectivity index (χ1n) is 6.54. The van der Waals surface area contributed by atoms with Crippen LogP contribution in [0, 0.1) is 0 Å². The van der Waals surface area contributed by atoms with E-state index in [9.17, 15) is 13.2 Å². The first-order chi connectivity index (χ1) is 9.00. The molecule has 2 rings (SSSR count). The normalized spacial score (nSPS) is 21.2. The first-order valence-corrected chi connectivity index (χ1v) is 8.15. The maximum absolute atomic E-state index is 12.4. The predicted octanol–water partition coefficient (Wildman–Crippen LogP) is 1.96. The lowest BCUT2D eigenvalue weighted by Gasteiger charge is -2.33. The Morgan fingerprint density at radius 3 is 2.58 bits per heavy atom. The monoisotopic (exact) mass is 281 g/mol. The van der Waals surface area contributed by atoms with Gasteiger partial charge in [0, 0.05) is 6.54 Å². The van der Waals surface area contributed by atoms with E-state index in [1.807, 2.05) is 18.2 Å². The molecule has 1 aliphatic rings. The number of nitrogens with zero attached hydrogens (tertiary/aromatic N) is 1. The Morgan fingerprint density at radius 2 is 1.95 bits per heavy atom. The van der Waals surface area contributed by atoms with Gasteiger partial charge in [0.1, 0.15) is 5.78 Å². The van der Waals surface area contributed by atoms with Gasteiger partial charge in [-0.3, -0.25) is 4.79 Å². The van der Waals surface area contributed by atoms with E-state index in [1.165, 1.54) is 11.2 Å². The molecule has 0 spiro atoms. The zero-order valence-electron chi connectivity index (χ0n) is 11.1. The molecule has 0 radical (unpaired) electrons. The van der Waals surface area contributed by atoms with E-state index < -0.39 is 16.1 Å². The zero-order valence-corrected chi connectivity index (χ0v) is 11.9. The summed E-state index contributed by atoms with van der Waals surface area (Å²) in [5.41, 5.74) is 0.760. The lowest BCUT2D eigenvalue weighted by Crippen LogP contribution is -2.47. The minimum absolute atomic E-state index is 0.0301. The lowest BCUT2D eigenvalue weighted by atomic mass is 10.0. The molecule has 1 aromatic carbocycles. The molecule has 0 amide bonds. The summed E-state index contributed by atoms with van der Waals surface area (Å²) in [6.07, 6.45) is 2.39. The standard InChI is InChI=1S/C14H19NO3S/c1-12(16)14-9-5-6-10-15(14)19(17,18)11-13-7-3-2-4-8-13/h2-4,7-8,14H,5-6,9-11H2,1H3/t14-/m1/s1. The molecular weight excluding hydrogens is 262 g/mol. The molecule has 1 fully saturated rings. The molecule has 0 unspecified atom stereocenters. The highest BCUT2D eigenvalue weighted by atomic mass is 32.2. The Bertz CT molecular complexity index is 539. The lowest BCUT2D eigenvalue weighted by molar-refractivity contribution is -0.121. The van der Waals surface area contributed by atoms with Crippen molar-refractivity contribution in [2.45, 2.75) is 38.0 Å². The van der Waals surface area contributed by atoms with Gasteiger partial charge in [0.25, 0.3) is 0 Å². The van der Waals surface area contributed by atoms with Gasteiger partial charge < -0.3 is 0 Å². The van der Waals surface area contributed by atoms with Gasteiger partial charge in [0.15, 0.2) is 0 Å². The number of Topliss-reactive ketones (excluding diaryl/α,β-unsaturated/α-hetero) is 1. The van der Waals surface area contributed by atoms with Crippen LogP contribution in [0.15, 0.2) is 30.3 Å². The van der Waals surface area contributed by atoms with E-state index >= 15 is 0 Å². The number of carbonyl (C=O) groups excluding carboxylic acids is 1. The third kappa shape index (κ3) is 3.42. The highest BCUT2D eigenvalue weighted by Crippen LogP contribution is 2.23. The summed E-state index contributed by atoms with van der Waals surface area (Å²) in [6.45, 7) is 1.93. The van der Waals surface area contributed by atoms with Crippen LogP contribution in [0.5, 0.6) is 0 Å². The maximum atomic E-state index is 12.4. The SMILES string of the molecule is CC(=O)[C@H]1CCCCN1S(=O)(=O)Cc1ccccc1. The summed E-state index contributed by atoms with van der Waals surface area (Å²) in [5.74, 6) is -0.0891. The van der Waals surface area contributed by atoms with Crippen LogP contribution in [0.3, 0.4) is 0 Å². The molecule has 1 aliphatic heterocycles. The van der Waals surface area contributed by atoms with E-state index in [0.717, 1.165) is 18.4 Å². The van der Waals surface area contributed by atoms with Gasteiger partial charge in [-0.25, -0.2) is 8.42 Å². The topological polar surface area (TPSA) is 54.5 Å². The molecule has 0 bridgehead atoms. The van der Waals surface area contributed by atoms with Gasteiger partial charge in [0.2, 0.25) is 10.0 Å². The second-order valence-corrected chi connectivity index (χ2v) is 6.90. The van der Waals surface area contributed by atoms with Gasteiger partial charge in [-0.1, -0.05) is 36.8 Å². The number of sulfonamides is 1. The fourth-order valence-electron chi connectivity index (χ4n) is 2.51. The average molecular weight is 281 g/mol. The van der Waals surface area contributed by atoms with Crippen molar-refractivity contribution in [3.05, 3.63) is 35.9 Å². The Hall–Kier alpha value is -1.20. The second-order valence-electron chi connectivity index (χ2n) is 4.97. The fraction of sp³-hybridized carbons (Fsp3) is 0.500. The number of hydrogen-bond acceptors (Lipinski definition) is 3. The number of rotatable bonds is 4. The molecule has 5 heteroatoms. The van der Waals surface area contributed by atoms with Crippen LogP contribution in [0.4, 0.5) is 0 Å². The van der Waals surface area contributed by atoms with Crippen LogP contribution in [-0.4, -0.2) is 31.1 Å². The summed E-state index contributed by atoms with van der Waals surface area (Å²) < 4.78 is 26.3. The quantitative estimate of drug-likeness (QED) is 0.847. The summed E-state index contributed by atoms with van der Waals surface area (Å²) in [5, 5.41) is 0. The number of hydrogen-bond donors (Lipinski definition) is 0. The summed E-state index contributed by atoms with van der Waals surface area (Å²) >= 11 is 0. The number of carbonyl (C=O) groups is 1. The fourth-order valence-corrected chi connectivity index (χ4v) is 4.34. The van der Waals surface area contributed by atoms with Crippen molar-refractivity contribution in [2.24, 2.45) is 0 Å². The van der Waals surface area contributed by atoms with Gasteiger partial charge >= 0.3 is 0 Å². The Balaban J connectivity index is 2.20. The van der Waals surface area contributed by atoms with Crippen molar-refractivity contribution in [2.75, 3.05) is 6.54 Å². The van der Waals surface area contributed by atoms with E-state index in [1.54, 1.807) is 12.1 Å². The zero-order chi connectivity index (χ0) is 13.9. The third-order valence-electron chi connectivity index (χ3n) is 3.47. The second kappa shape index (κ2) is 5.84. The van der Waals surface area contributed by atoms with E-state index in [2.05, 4.69) is 0 Å². The summed E-state index contributed by atoms with van der Waals surface area (Å²) in [7, 11) is -3.42. The third-order valence-corrected chi connectivity index (χ3v) is 5.32. The molecule has 1 aromatic rings. The van der Waals surface area contributed by atoms with Crippen LogP contribution >= 0.6 is 0 Å². The minimum Gasteiger partial charge on any atom is -0.298 e. The van der Waals surface area contributed by atoms with Crippen molar-refractivity contribution < 1.29 is 13.2 Å². The van der Waals surface area contributed by atoms with Gasteiger partial charge in [-0.05, 0) is 25.3 Å². The van der Waals surface area contributed by atoms with Crippen LogP contribution in [0.2, 0.25) is 0 Å². The number of piperidine rings is 1. The molecule has 104 valence electrons. The van der Waals surface area contributed by atoms with Crippen LogP contribution in [0.25, 0.3) is 0 Å². The van der Waals surface area contributed by atoms with Crippen molar-refractivity contribution >= 4 is 15.8 Å². The van der Waals surface area contributed by atoms with Crippen LogP contribution in [-0.2, 0) is 20.6 Å². The molecule has 19 heavy (non-hydrogen) atoms. The average Bonchev–Trinajstić information content (AvgIpc) is 2.39. The Morgan fingerprint density at radius 1 is 1.26 bits per heavy atom. The number of ketones is 1. The predicted molar refractivity (Wildman–Crippen MR) is 74.1 cm³/mol. The smallest absolute Gasteiger partial charge is 0.218 e. The Labute approximate surface area is 114 Å². The maximum Gasteiger partial charge on any atom is 0.218 e. The van der Waals surface area contributed by atoms with Gasteiger partial charge in [-0.15, -0.1) is 0 Å². The molecule has 0 N–H and O–H groups in total. The molecule has 1 heterocycles. The minimum atomic E-state index is -3.42. The molecule has 0 saturated carbocycles. The summed E-state index contributed by atoms with van der Waals surface area (Å²) in [6, 6.07) is 8.62. The molecule has 0 aromatic heterocycles. The van der Waals surface area contributed by atoms with Crippen molar-refractivity contribution in [1.29, 1.82) is 0 Å². The molecular formula is C14H19NO3S. The van der Waals surface area contributed by atoms with Crippen molar-refractivity contribution in [1.82, 2.24) is 4.31 Å². The van der Waals surface area contributed by atoms with E-state index in [-0.39, 0.29) is 11.5 Å².